The van der Waals surface area contributed by atoms with Gasteiger partial charge in [0, 0.05) is 16.9 Å². The van der Waals surface area contributed by atoms with Crippen LogP contribution >= 0.6 is 15.9 Å². The molecule has 1 saturated carbocycles. The largest absolute Gasteiger partial charge is 0.353 e. The molecule has 1 aliphatic rings. The zero-order chi connectivity index (χ0) is 13.9. The maximum absolute atomic E-state index is 11.9. The zero-order valence-corrected chi connectivity index (χ0v) is 13.3. The van der Waals surface area contributed by atoms with Gasteiger partial charge >= 0.3 is 0 Å². The van der Waals surface area contributed by atoms with Gasteiger partial charge in [-0.1, -0.05) is 41.9 Å². The summed E-state index contributed by atoms with van der Waals surface area (Å²) in [6, 6.07) is 8.54. The van der Waals surface area contributed by atoms with Gasteiger partial charge in [0.2, 0.25) is 5.91 Å². The summed E-state index contributed by atoms with van der Waals surface area (Å²) in [5.41, 5.74) is 1.60. The van der Waals surface area contributed by atoms with Crippen molar-refractivity contribution in [2.45, 2.75) is 52.0 Å². The SMILES string of the molecule is CC1(C)CCC(NC(=O)CCc2cccc(Br)c2)C1. The number of aryl methyl sites for hydroxylation is 1. The molecule has 1 aliphatic carbocycles. The molecular formula is C16H22BrNO. The Morgan fingerprint density at radius 2 is 2.26 bits per heavy atom. The molecule has 0 aromatic heterocycles. The fourth-order valence-corrected chi connectivity index (χ4v) is 3.26. The van der Waals surface area contributed by atoms with Gasteiger partial charge in [0.05, 0.1) is 0 Å². The molecule has 0 saturated heterocycles. The molecule has 1 unspecified atom stereocenters. The Morgan fingerprint density at radius 3 is 2.89 bits per heavy atom. The number of carbonyl (C=O) groups is 1. The van der Waals surface area contributed by atoms with E-state index in [-0.39, 0.29) is 5.91 Å². The first-order valence-electron chi connectivity index (χ1n) is 6.98. The Labute approximate surface area is 124 Å². The summed E-state index contributed by atoms with van der Waals surface area (Å²) in [5.74, 6) is 0.183. The molecule has 104 valence electrons. The zero-order valence-electron chi connectivity index (χ0n) is 11.7. The lowest BCUT2D eigenvalue weighted by molar-refractivity contribution is -0.121. The van der Waals surface area contributed by atoms with E-state index in [0.29, 0.717) is 17.9 Å². The van der Waals surface area contributed by atoms with Crippen LogP contribution in [-0.4, -0.2) is 11.9 Å². The van der Waals surface area contributed by atoms with Crippen LogP contribution in [-0.2, 0) is 11.2 Å². The number of amides is 1. The minimum Gasteiger partial charge on any atom is -0.353 e. The second kappa shape index (κ2) is 6.08. The van der Waals surface area contributed by atoms with E-state index in [9.17, 15) is 4.79 Å². The lowest BCUT2D eigenvalue weighted by Gasteiger charge is -2.17. The molecular weight excluding hydrogens is 302 g/mol. The van der Waals surface area contributed by atoms with Crippen molar-refractivity contribution in [3.63, 3.8) is 0 Å². The summed E-state index contributed by atoms with van der Waals surface area (Å²) < 4.78 is 1.07. The summed E-state index contributed by atoms with van der Waals surface area (Å²) in [7, 11) is 0. The standard InChI is InChI=1S/C16H22BrNO/c1-16(2)9-8-14(11-16)18-15(19)7-6-12-4-3-5-13(17)10-12/h3-5,10,14H,6-9,11H2,1-2H3,(H,18,19). The molecule has 2 rings (SSSR count). The summed E-state index contributed by atoms with van der Waals surface area (Å²) in [6.45, 7) is 4.56. The second-order valence-corrected chi connectivity index (χ2v) is 7.22. The van der Waals surface area contributed by atoms with E-state index < -0.39 is 0 Å². The summed E-state index contributed by atoms with van der Waals surface area (Å²) >= 11 is 3.45. The van der Waals surface area contributed by atoms with Gasteiger partial charge in [-0.05, 0) is 48.8 Å². The lowest BCUT2D eigenvalue weighted by Crippen LogP contribution is -2.33. The van der Waals surface area contributed by atoms with E-state index in [0.717, 1.165) is 23.7 Å². The Bertz CT molecular complexity index is 456. The van der Waals surface area contributed by atoms with Crippen LogP contribution in [0.3, 0.4) is 0 Å². The number of hydrogen-bond donors (Lipinski definition) is 1. The Morgan fingerprint density at radius 1 is 1.47 bits per heavy atom. The highest BCUT2D eigenvalue weighted by Crippen LogP contribution is 2.36. The van der Waals surface area contributed by atoms with E-state index in [1.54, 1.807) is 0 Å². The molecule has 1 N–H and O–H groups in total. The monoisotopic (exact) mass is 323 g/mol. The van der Waals surface area contributed by atoms with Crippen LogP contribution in [0.15, 0.2) is 28.7 Å². The van der Waals surface area contributed by atoms with Crippen LogP contribution in [0.25, 0.3) is 0 Å². The molecule has 0 spiro atoms. The van der Waals surface area contributed by atoms with Gasteiger partial charge in [-0.25, -0.2) is 0 Å². The second-order valence-electron chi connectivity index (χ2n) is 6.30. The van der Waals surface area contributed by atoms with E-state index >= 15 is 0 Å². The number of benzene rings is 1. The molecule has 1 amide bonds. The van der Waals surface area contributed by atoms with Crippen LogP contribution in [0.4, 0.5) is 0 Å². The number of rotatable bonds is 4. The average Bonchev–Trinajstić information content (AvgIpc) is 2.66. The molecule has 0 heterocycles. The first-order chi connectivity index (χ1) is 8.94. The first kappa shape index (κ1) is 14.6. The van der Waals surface area contributed by atoms with Crippen LogP contribution in [0, 0.1) is 5.41 Å². The highest BCUT2D eigenvalue weighted by atomic mass is 79.9. The van der Waals surface area contributed by atoms with Gasteiger partial charge in [0.15, 0.2) is 0 Å². The minimum absolute atomic E-state index is 0.183. The third-order valence-electron chi connectivity index (χ3n) is 3.86. The maximum atomic E-state index is 11.9. The maximum Gasteiger partial charge on any atom is 0.220 e. The van der Waals surface area contributed by atoms with Crippen molar-refractivity contribution in [3.8, 4) is 0 Å². The number of carbonyl (C=O) groups excluding carboxylic acids is 1. The number of nitrogens with one attached hydrogen (secondary N) is 1. The van der Waals surface area contributed by atoms with E-state index in [4.69, 9.17) is 0 Å². The van der Waals surface area contributed by atoms with Crippen LogP contribution < -0.4 is 5.32 Å². The average molecular weight is 324 g/mol. The van der Waals surface area contributed by atoms with Crippen LogP contribution in [0.5, 0.6) is 0 Å². The normalized spacial score (nSPS) is 21.3. The molecule has 0 radical (unpaired) electrons. The van der Waals surface area contributed by atoms with Gasteiger partial charge in [-0.2, -0.15) is 0 Å². The fourth-order valence-electron chi connectivity index (χ4n) is 2.81. The Kier molecular flexibility index (Phi) is 4.67. The highest BCUT2D eigenvalue weighted by Gasteiger charge is 2.31. The lowest BCUT2D eigenvalue weighted by atomic mass is 9.92. The predicted octanol–water partition coefficient (Wildman–Crippen LogP) is 4.08. The minimum atomic E-state index is 0.183. The summed E-state index contributed by atoms with van der Waals surface area (Å²) in [5, 5.41) is 3.17. The Balaban J connectivity index is 1.76. The number of halogens is 1. The van der Waals surface area contributed by atoms with Gasteiger partial charge < -0.3 is 5.32 Å². The van der Waals surface area contributed by atoms with Crippen molar-refractivity contribution in [1.29, 1.82) is 0 Å². The molecule has 19 heavy (non-hydrogen) atoms. The molecule has 1 aromatic carbocycles. The first-order valence-corrected chi connectivity index (χ1v) is 7.78. The molecule has 1 aromatic rings. The van der Waals surface area contributed by atoms with Crippen molar-refractivity contribution in [2.75, 3.05) is 0 Å². The summed E-state index contributed by atoms with van der Waals surface area (Å²) in [6.07, 6.45) is 4.82. The smallest absolute Gasteiger partial charge is 0.220 e. The number of hydrogen-bond acceptors (Lipinski definition) is 1. The fraction of sp³-hybridized carbons (Fsp3) is 0.562. The van der Waals surface area contributed by atoms with Gasteiger partial charge in [0.1, 0.15) is 0 Å². The quantitative estimate of drug-likeness (QED) is 0.888. The molecule has 0 bridgehead atoms. The van der Waals surface area contributed by atoms with E-state index in [1.807, 2.05) is 12.1 Å². The third kappa shape index (κ3) is 4.64. The topological polar surface area (TPSA) is 29.1 Å². The van der Waals surface area contributed by atoms with E-state index in [2.05, 4.69) is 47.2 Å². The molecule has 1 atom stereocenters. The highest BCUT2D eigenvalue weighted by molar-refractivity contribution is 9.10. The van der Waals surface area contributed by atoms with Crippen molar-refractivity contribution >= 4 is 21.8 Å². The molecule has 2 nitrogen and oxygen atoms in total. The molecule has 1 fully saturated rings. The van der Waals surface area contributed by atoms with Crippen LogP contribution in [0.1, 0.15) is 45.1 Å². The summed E-state index contributed by atoms with van der Waals surface area (Å²) in [4.78, 5) is 11.9. The van der Waals surface area contributed by atoms with Crippen molar-refractivity contribution < 1.29 is 4.79 Å². The van der Waals surface area contributed by atoms with Crippen molar-refractivity contribution in [2.24, 2.45) is 5.41 Å². The predicted molar refractivity (Wildman–Crippen MR) is 82.0 cm³/mol. The Hall–Kier alpha value is -0.830. The molecule has 0 aliphatic heterocycles. The molecule has 3 heteroatoms. The third-order valence-corrected chi connectivity index (χ3v) is 4.36. The van der Waals surface area contributed by atoms with E-state index in [1.165, 1.54) is 12.0 Å². The van der Waals surface area contributed by atoms with Gasteiger partial charge in [-0.15, -0.1) is 0 Å². The van der Waals surface area contributed by atoms with Crippen LogP contribution in [0.2, 0.25) is 0 Å². The van der Waals surface area contributed by atoms with Gasteiger partial charge in [-0.3, -0.25) is 4.79 Å². The van der Waals surface area contributed by atoms with Crippen molar-refractivity contribution in [1.82, 2.24) is 5.32 Å². The van der Waals surface area contributed by atoms with Gasteiger partial charge in [0.25, 0.3) is 0 Å². The van der Waals surface area contributed by atoms with Crippen molar-refractivity contribution in [3.05, 3.63) is 34.3 Å².